The van der Waals surface area contributed by atoms with Crippen LogP contribution >= 0.6 is 0 Å². The van der Waals surface area contributed by atoms with Crippen LogP contribution < -0.4 is 0 Å². The number of ketones is 1. The first kappa shape index (κ1) is 13.6. The van der Waals surface area contributed by atoms with Crippen LogP contribution in [-0.4, -0.2) is 34.8 Å². The summed E-state index contributed by atoms with van der Waals surface area (Å²) >= 11 is 0. The fourth-order valence-corrected chi connectivity index (χ4v) is 2.47. The van der Waals surface area contributed by atoms with E-state index in [1.807, 2.05) is 0 Å². The first-order valence-corrected chi connectivity index (χ1v) is 6.57. The van der Waals surface area contributed by atoms with Crippen molar-refractivity contribution in [3.8, 4) is 5.75 Å². The van der Waals surface area contributed by atoms with E-state index in [4.69, 9.17) is 0 Å². The van der Waals surface area contributed by atoms with Crippen molar-refractivity contribution in [3.05, 3.63) is 29.3 Å². The van der Waals surface area contributed by atoms with Gasteiger partial charge in [-0.2, -0.15) is 0 Å². The summed E-state index contributed by atoms with van der Waals surface area (Å²) in [5, 5.41) is 9.48. The molecule has 19 heavy (non-hydrogen) atoms. The van der Waals surface area contributed by atoms with Crippen molar-refractivity contribution >= 4 is 11.7 Å². The van der Waals surface area contributed by atoms with Crippen LogP contribution in [0, 0.1) is 6.92 Å². The normalized spacial score (nSPS) is 16.4. The summed E-state index contributed by atoms with van der Waals surface area (Å²) in [4.78, 5) is 25.3. The summed E-state index contributed by atoms with van der Waals surface area (Å²) in [6.07, 6.45) is 2.63. The SMILES string of the molecule is Cc1cc(C(=O)N(C)C2CCC(=O)CC2)ccc1O. The van der Waals surface area contributed by atoms with E-state index in [1.54, 1.807) is 37.1 Å². The van der Waals surface area contributed by atoms with Crippen LogP contribution in [0.4, 0.5) is 0 Å². The van der Waals surface area contributed by atoms with E-state index in [-0.39, 0.29) is 23.5 Å². The molecule has 1 N–H and O–H groups in total. The number of Topliss-reactive ketones (excluding diaryl/α,β-unsaturated/α-hetero) is 1. The molecule has 0 saturated heterocycles. The second-order valence-electron chi connectivity index (χ2n) is 5.19. The predicted octanol–water partition coefficient (Wildman–Crippen LogP) is 2.28. The molecular formula is C15H19NO3. The lowest BCUT2D eigenvalue weighted by Crippen LogP contribution is -2.39. The summed E-state index contributed by atoms with van der Waals surface area (Å²) in [6.45, 7) is 1.77. The Hall–Kier alpha value is -1.84. The standard InChI is InChI=1S/C15H19NO3/c1-10-9-11(3-8-14(10)18)15(19)16(2)12-4-6-13(17)7-5-12/h3,8-9,12,18H,4-7H2,1-2H3. The van der Waals surface area contributed by atoms with Crippen LogP contribution in [-0.2, 0) is 4.79 Å². The number of rotatable bonds is 2. The summed E-state index contributed by atoms with van der Waals surface area (Å²) < 4.78 is 0. The van der Waals surface area contributed by atoms with Crippen molar-refractivity contribution < 1.29 is 14.7 Å². The van der Waals surface area contributed by atoms with Crippen LogP contribution in [0.5, 0.6) is 5.75 Å². The van der Waals surface area contributed by atoms with Gasteiger partial charge in [-0.25, -0.2) is 0 Å². The minimum Gasteiger partial charge on any atom is -0.508 e. The fourth-order valence-electron chi connectivity index (χ4n) is 2.47. The number of phenolic OH excluding ortho intramolecular Hbond substituents is 1. The van der Waals surface area contributed by atoms with Crippen molar-refractivity contribution in [2.24, 2.45) is 0 Å². The van der Waals surface area contributed by atoms with Gasteiger partial charge in [-0.15, -0.1) is 0 Å². The first-order chi connectivity index (χ1) is 8.99. The second-order valence-corrected chi connectivity index (χ2v) is 5.19. The maximum atomic E-state index is 12.3. The summed E-state index contributed by atoms with van der Waals surface area (Å²) in [5.41, 5.74) is 1.27. The summed E-state index contributed by atoms with van der Waals surface area (Å²) in [7, 11) is 1.78. The lowest BCUT2D eigenvalue weighted by molar-refractivity contribution is -0.121. The Morgan fingerprint density at radius 2 is 1.95 bits per heavy atom. The second kappa shape index (κ2) is 5.43. The molecule has 1 amide bonds. The minimum atomic E-state index is -0.0533. The summed E-state index contributed by atoms with van der Waals surface area (Å²) in [5.74, 6) is 0.433. The van der Waals surface area contributed by atoms with Crippen LogP contribution in [0.1, 0.15) is 41.6 Å². The van der Waals surface area contributed by atoms with Crippen molar-refractivity contribution in [1.29, 1.82) is 0 Å². The zero-order chi connectivity index (χ0) is 14.0. The molecule has 0 atom stereocenters. The first-order valence-electron chi connectivity index (χ1n) is 6.57. The van der Waals surface area contributed by atoms with Crippen LogP contribution in [0.15, 0.2) is 18.2 Å². The third-order valence-corrected chi connectivity index (χ3v) is 3.82. The van der Waals surface area contributed by atoms with Crippen LogP contribution in [0.2, 0.25) is 0 Å². The molecule has 1 aromatic carbocycles. The average Bonchev–Trinajstić information content (AvgIpc) is 2.41. The highest BCUT2D eigenvalue weighted by Gasteiger charge is 2.25. The molecule has 102 valence electrons. The van der Waals surface area contributed by atoms with E-state index in [0.717, 1.165) is 12.8 Å². The van der Waals surface area contributed by atoms with E-state index in [9.17, 15) is 14.7 Å². The number of nitrogens with zero attached hydrogens (tertiary/aromatic N) is 1. The molecule has 1 saturated carbocycles. The van der Waals surface area contributed by atoms with E-state index in [0.29, 0.717) is 24.0 Å². The molecular weight excluding hydrogens is 242 g/mol. The monoisotopic (exact) mass is 261 g/mol. The highest BCUT2D eigenvalue weighted by molar-refractivity contribution is 5.94. The Bertz CT molecular complexity index is 500. The fraction of sp³-hybridized carbons (Fsp3) is 0.467. The molecule has 1 aliphatic carbocycles. The zero-order valence-corrected chi connectivity index (χ0v) is 11.3. The Morgan fingerprint density at radius 3 is 2.53 bits per heavy atom. The van der Waals surface area contributed by atoms with Gasteiger partial charge in [0.1, 0.15) is 11.5 Å². The van der Waals surface area contributed by atoms with E-state index >= 15 is 0 Å². The number of carbonyl (C=O) groups excluding carboxylic acids is 2. The Labute approximate surface area is 113 Å². The van der Waals surface area contributed by atoms with Gasteiger partial charge in [0.25, 0.3) is 5.91 Å². The van der Waals surface area contributed by atoms with Crippen molar-refractivity contribution in [2.45, 2.75) is 38.6 Å². The van der Waals surface area contributed by atoms with Gasteiger partial charge in [0, 0.05) is 31.5 Å². The number of hydrogen-bond acceptors (Lipinski definition) is 3. The smallest absolute Gasteiger partial charge is 0.253 e. The molecule has 1 fully saturated rings. The molecule has 0 unspecified atom stereocenters. The van der Waals surface area contributed by atoms with Gasteiger partial charge in [0.05, 0.1) is 0 Å². The number of aromatic hydroxyl groups is 1. The van der Waals surface area contributed by atoms with Gasteiger partial charge in [-0.3, -0.25) is 9.59 Å². The van der Waals surface area contributed by atoms with Crippen molar-refractivity contribution in [1.82, 2.24) is 4.90 Å². The highest BCUT2D eigenvalue weighted by atomic mass is 16.3. The molecule has 1 aromatic rings. The van der Waals surface area contributed by atoms with Gasteiger partial charge < -0.3 is 10.0 Å². The number of hydrogen-bond donors (Lipinski definition) is 1. The number of aryl methyl sites for hydroxylation is 1. The van der Waals surface area contributed by atoms with E-state index in [1.165, 1.54) is 0 Å². The molecule has 0 aliphatic heterocycles. The van der Waals surface area contributed by atoms with Crippen LogP contribution in [0.25, 0.3) is 0 Å². The molecule has 1 aliphatic rings. The zero-order valence-electron chi connectivity index (χ0n) is 11.3. The molecule has 0 heterocycles. The number of phenols is 1. The highest BCUT2D eigenvalue weighted by Crippen LogP contribution is 2.23. The largest absolute Gasteiger partial charge is 0.508 e. The lowest BCUT2D eigenvalue weighted by Gasteiger charge is -2.30. The molecule has 4 heteroatoms. The number of amides is 1. The third-order valence-electron chi connectivity index (χ3n) is 3.82. The van der Waals surface area contributed by atoms with Gasteiger partial charge in [0.15, 0.2) is 0 Å². The molecule has 0 bridgehead atoms. The quantitative estimate of drug-likeness (QED) is 0.888. The molecule has 0 aromatic heterocycles. The lowest BCUT2D eigenvalue weighted by atomic mass is 9.93. The molecule has 2 rings (SSSR count). The number of benzene rings is 1. The molecule has 0 radical (unpaired) electrons. The van der Waals surface area contributed by atoms with Gasteiger partial charge in [-0.1, -0.05) is 0 Å². The van der Waals surface area contributed by atoms with Gasteiger partial charge >= 0.3 is 0 Å². The Morgan fingerprint density at radius 1 is 1.32 bits per heavy atom. The maximum absolute atomic E-state index is 12.3. The summed E-state index contributed by atoms with van der Waals surface area (Å²) in [6, 6.07) is 5.01. The van der Waals surface area contributed by atoms with Gasteiger partial charge in [0.2, 0.25) is 0 Å². The Kier molecular flexibility index (Phi) is 3.88. The minimum absolute atomic E-state index is 0.0533. The third kappa shape index (κ3) is 2.95. The number of carbonyl (C=O) groups is 2. The molecule has 4 nitrogen and oxygen atoms in total. The van der Waals surface area contributed by atoms with Crippen LogP contribution in [0.3, 0.4) is 0 Å². The molecule has 0 spiro atoms. The topological polar surface area (TPSA) is 57.6 Å². The van der Waals surface area contributed by atoms with Gasteiger partial charge in [-0.05, 0) is 43.5 Å². The maximum Gasteiger partial charge on any atom is 0.253 e. The Balaban J connectivity index is 2.10. The van der Waals surface area contributed by atoms with Crippen molar-refractivity contribution in [2.75, 3.05) is 7.05 Å². The predicted molar refractivity (Wildman–Crippen MR) is 72.2 cm³/mol. The van der Waals surface area contributed by atoms with Crippen molar-refractivity contribution in [3.63, 3.8) is 0 Å². The average molecular weight is 261 g/mol. The van der Waals surface area contributed by atoms with E-state index < -0.39 is 0 Å². The van der Waals surface area contributed by atoms with E-state index in [2.05, 4.69) is 0 Å².